The number of nitrogens with zero attached hydrogens (tertiary/aromatic N) is 3. The molecule has 0 aliphatic heterocycles. The highest BCUT2D eigenvalue weighted by atomic mass is 16.3. The number of hydrogen-bond donors (Lipinski definition) is 1. The molecule has 0 amide bonds. The molecule has 4 heteroatoms. The van der Waals surface area contributed by atoms with E-state index in [2.05, 4.69) is 152 Å². The van der Waals surface area contributed by atoms with E-state index < -0.39 is 6.85 Å². The van der Waals surface area contributed by atoms with Crippen molar-refractivity contribution >= 4 is 11.0 Å². The molecule has 2 heterocycles. The van der Waals surface area contributed by atoms with Gasteiger partial charge < -0.3 is 5.11 Å². The first-order valence-corrected chi connectivity index (χ1v) is 21.6. The molecule has 4 nitrogen and oxygen atoms in total. The quantitative estimate of drug-likeness (QED) is 0.174. The zero-order valence-corrected chi connectivity index (χ0v) is 37.9. The largest absolute Gasteiger partial charge is 0.507 e. The molecule has 6 aromatic carbocycles. The SMILES string of the molecule is [2H]c1nc(-c2cc(-c3cccc4c3nc(-c3cc(C(C)(C)C)cc(C(C)(C)C)c3O)n4-c3ccc(-c4ccccc4)cc3C(C)C)cc(C(C)(C)C)c2)c([2H])c(-c2cccc(C([2H])([2H])[2H])c2)c1[2H]. The molecule has 0 unspecified atom stereocenters. The van der Waals surface area contributed by atoms with Crippen LogP contribution in [0.3, 0.4) is 0 Å². The minimum atomic E-state index is -2.39. The van der Waals surface area contributed by atoms with E-state index in [-0.39, 0.29) is 63.0 Å². The molecule has 0 bridgehead atoms. The maximum absolute atomic E-state index is 12.5. The second-order valence-electron chi connectivity index (χ2n) is 20.0. The Labute approximate surface area is 377 Å². The van der Waals surface area contributed by atoms with Crippen LogP contribution in [0.4, 0.5) is 0 Å². The molecule has 0 aliphatic carbocycles. The molecule has 0 radical (unpaired) electrons. The number of pyridine rings is 1. The Balaban J connectivity index is 1.45. The van der Waals surface area contributed by atoms with E-state index in [9.17, 15) is 6.48 Å². The van der Waals surface area contributed by atoms with Crippen LogP contribution in [0.15, 0.2) is 140 Å². The normalized spacial score (nSPS) is 14.0. The number of phenolic OH excluding ortho intramolecular Hbond substituents is 1. The van der Waals surface area contributed by atoms with Crippen molar-refractivity contribution in [3.05, 3.63) is 167 Å². The summed E-state index contributed by atoms with van der Waals surface area (Å²) in [6, 6.07) is 39.4. The average Bonchev–Trinajstić information content (AvgIpc) is 3.66. The number of aromatic nitrogens is 3. The maximum Gasteiger partial charge on any atom is 0.149 e. The molecule has 0 aliphatic rings. The van der Waals surface area contributed by atoms with Gasteiger partial charge in [-0.3, -0.25) is 9.55 Å². The Morgan fingerprint density at radius 3 is 1.98 bits per heavy atom. The van der Waals surface area contributed by atoms with E-state index in [4.69, 9.17) is 11.8 Å². The monoisotopic (exact) mass is 822 g/mol. The Morgan fingerprint density at radius 1 is 0.613 bits per heavy atom. The summed E-state index contributed by atoms with van der Waals surface area (Å²) >= 11 is 0. The van der Waals surface area contributed by atoms with Crippen molar-refractivity contribution < 1.29 is 13.3 Å². The van der Waals surface area contributed by atoms with Crippen LogP contribution < -0.4 is 0 Å². The van der Waals surface area contributed by atoms with Crippen LogP contribution in [0.5, 0.6) is 5.75 Å². The Kier molecular flexibility index (Phi) is 9.06. The van der Waals surface area contributed by atoms with Crippen LogP contribution in [-0.2, 0) is 16.2 Å². The summed E-state index contributed by atoms with van der Waals surface area (Å²) in [5, 5.41) is 12.5. The number of rotatable bonds is 7. The summed E-state index contributed by atoms with van der Waals surface area (Å²) in [7, 11) is 0. The summed E-state index contributed by atoms with van der Waals surface area (Å²) in [5.41, 5.74) is 11.4. The van der Waals surface area contributed by atoms with Gasteiger partial charge in [-0.25, -0.2) is 4.98 Å². The van der Waals surface area contributed by atoms with E-state index in [0.717, 1.165) is 55.7 Å². The smallest absolute Gasteiger partial charge is 0.149 e. The van der Waals surface area contributed by atoms with Crippen molar-refractivity contribution in [3.8, 4) is 67.5 Å². The minimum Gasteiger partial charge on any atom is -0.507 e. The molecule has 62 heavy (non-hydrogen) atoms. The van der Waals surface area contributed by atoms with Gasteiger partial charge in [0.15, 0.2) is 0 Å². The summed E-state index contributed by atoms with van der Waals surface area (Å²) in [5.74, 6) is 0.912. The molecule has 8 rings (SSSR count). The predicted octanol–water partition coefficient (Wildman–Crippen LogP) is 15.8. The second-order valence-corrected chi connectivity index (χ2v) is 20.0. The van der Waals surface area contributed by atoms with Crippen molar-refractivity contribution in [2.24, 2.45) is 0 Å². The number of aryl methyl sites for hydroxylation is 1. The van der Waals surface area contributed by atoms with Crippen molar-refractivity contribution in [2.75, 3.05) is 0 Å². The lowest BCUT2D eigenvalue weighted by Crippen LogP contribution is -2.17. The number of imidazole rings is 1. The highest BCUT2D eigenvalue weighted by molar-refractivity contribution is 5.97. The molecular formula is C58H61N3O. The molecule has 0 atom stereocenters. The van der Waals surface area contributed by atoms with Crippen molar-refractivity contribution in [1.29, 1.82) is 0 Å². The van der Waals surface area contributed by atoms with E-state index >= 15 is 0 Å². The van der Waals surface area contributed by atoms with Gasteiger partial charge >= 0.3 is 0 Å². The van der Waals surface area contributed by atoms with Gasteiger partial charge in [0.25, 0.3) is 0 Å². The van der Waals surface area contributed by atoms with Crippen LogP contribution in [0, 0.1) is 6.85 Å². The van der Waals surface area contributed by atoms with Gasteiger partial charge in [-0.15, -0.1) is 0 Å². The first kappa shape index (κ1) is 35.3. The van der Waals surface area contributed by atoms with Gasteiger partial charge in [-0.1, -0.05) is 167 Å². The third kappa shape index (κ3) is 8.23. The third-order valence-electron chi connectivity index (χ3n) is 11.8. The van der Waals surface area contributed by atoms with Gasteiger partial charge in [0.1, 0.15) is 11.6 Å². The summed E-state index contributed by atoms with van der Waals surface area (Å²) in [4.78, 5) is 10.2. The first-order valence-electron chi connectivity index (χ1n) is 24.6. The van der Waals surface area contributed by atoms with Crippen LogP contribution in [0.1, 0.15) is 118 Å². The Bertz CT molecular complexity index is 3240. The number of phenols is 1. The van der Waals surface area contributed by atoms with Crippen molar-refractivity contribution in [2.45, 2.75) is 105 Å². The lowest BCUT2D eigenvalue weighted by molar-refractivity contribution is 0.446. The van der Waals surface area contributed by atoms with Gasteiger partial charge in [0.2, 0.25) is 0 Å². The predicted molar refractivity (Wildman–Crippen MR) is 263 cm³/mol. The van der Waals surface area contributed by atoms with Crippen LogP contribution >= 0.6 is 0 Å². The summed E-state index contributed by atoms with van der Waals surface area (Å²) in [6.07, 6.45) is -0.315. The maximum atomic E-state index is 12.5. The molecule has 0 saturated carbocycles. The standard InChI is InChI=1S/C58H61N3O/c1-36(2)47-32-40(38-19-14-13-15-20-38)24-25-51(47)61-52-23-17-22-46(53(52)60-55(61)48-34-45(57(7,8)9)35-49(54(48)62)58(10,11)12)42-29-43(31-44(30-42)56(4,5)6)50-33-41(26-27-59-50)39-21-16-18-37(3)28-39/h13-36,62H,1-12H3/i3D3,26D,27D,33D. The van der Waals surface area contributed by atoms with Gasteiger partial charge in [-0.2, -0.15) is 0 Å². The molecule has 0 saturated heterocycles. The van der Waals surface area contributed by atoms with Gasteiger partial charge in [-0.05, 0) is 122 Å². The molecule has 8 aromatic rings. The van der Waals surface area contributed by atoms with Crippen LogP contribution in [0.25, 0.3) is 72.7 Å². The second kappa shape index (κ2) is 15.9. The number of aromatic hydroxyl groups is 1. The van der Waals surface area contributed by atoms with E-state index in [1.54, 1.807) is 12.1 Å². The average molecular weight is 822 g/mol. The zero-order valence-electron chi connectivity index (χ0n) is 43.9. The summed E-state index contributed by atoms with van der Waals surface area (Å²) < 4.78 is 53.6. The van der Waals surface area contributed by atoms with Crippen LogP contribution in [0.2, 0.25) is 0 Å². The lowest BCUT2D eigenvalue weighted by atomic mass is 9.79. The highest BCUT2D eigenvalue weighted by Gasteiger charge is 2.30. The fraction of sp³-hybridized carbons (Fsp3) is 0.276. The number of fused-ring (bicyclic) bond motifs is 1. The number of benzene rings is 6. The van der Waals surface area contributed by atoms with Crippen molar-refractivity contribution in [3.63, 3.8) is 0 Å². The molecule has 0 fully saturated rings. The Hall–Kier alpha value is -6.26. The first-order chi connectivity index (χ1) is 31.7. The number of hydrogen-bond acceptors (Lipinski definition) is 3. The molecule has 2 aromatic heterocycles. The molecular weight excluding hydrogens is 755 g/mol. The fourth-order valence-corrected chi connectivity index (χ4v) is 8.22. The van der Waals surface area contributed by atoms with Crippen LogP contribution in [-0.4, -0.2) is 19.6 Å². The summed E-state index contributed by atoms with van der Waals surface area (Å²) in [6.45, 7) is 21.3. The molecule has 0 spiro atoms. The van der Waals surface area contributed by atoms with E-state index in [0.29, 0.717) is 28.0 Å². The topological polar surface area (TPSA) is 50.9 Å². The highest BCUT2D eigenvalue weighted by Crippen LogP contribution is 2.46. The Morgan fingerprint density at radius 2 is 1.29 bits per heavy atom. The van der Waals surface area contributed by atoms with Gasteiger partial charge in [0.05, 0.1) is 32.1 Å². The van der Waals surface area contributed by atoms with Gasteiger partial charge in [0, 0.05) is 27.0 Å². The third-order valence-corrected chi connectivity index (χ3v) is 11.8. The fourth-order valence-electron chi connectivity index (χ4n) is 8.22. The van der Waals surface area contributed by atoms with E-state index in [1.165, 1.54) is 12.1 Å². The number of para-hydroxylation sites is 1. The molecule has 1 N–H and O–H groups in total. The van der Waals surface area contributed by atoms with E-state index in [1.807, 2.05) is 30.3 Å². The lowest BCUT2D eigenvalue weighted by Gasteiger charge is -2.28. The molecule has 314 valence electrons. The van der Waals surface area contributed by atoms with Crippen molar-refractivity contribution in [1.82, 2.24) is 14.5 Å². The zero-order chi connectivity index (χ0) is 49.4. The minimum absolute atomic E-state index is 0.0699.